The van der Waals surface area contributed by atoms with Crippen molar-refractivity contribution in [3.63, 3.8) is 0 Å². The molecule has 0 saturated carbocycles. The van der Waals surface area contributed by atoms with Crippen LogP contribution in [0.1, 0.15) is 6.42 Å². The number of nitrogens with one attached hydrogen (secondary N) is 2. The zero-order chi connectivity index (χ0) is 13.1. The minimum atomic E-state index is 0. The van der Waals surface area contributed by atoms with Crippen molar-refractivity contribution in [2.75, 3.05) is 37.4 Å². The van der Waals surface area contributed by atoms with Crippen molar-refractivity contribution in [1.29, 1.82) is 0 Å². The highest BCUT2D eigenvalue weighted by molar-refractivity contribution is 6.31. The van der Waals surface area contributed by atoms with Gasteiger partial charge in [0.15, 0.2) is 0 Å². The molecule has 1 aliphatic rings. The van der Waals surface area contributed by atoms with Gasteiger partial charge in [-0.2, -0.15) is 0 Å². The van der Waals surface area contributed by atoms with E-state index in [4.69, 9.17) is 11.6 Å². The van der Waals surface area contributed by atoms with E-state index in [0.717, 1.165) is 30.9 Å². The number of carbonyl (C=O) groups excluding carboxylic acids is 1. The van der Waals surface area contributed by atoms with Crippen molar-refractivity contribution in [2.24, 2.45) is 5.92 Å². The first-order valence-electron chi connectivity index (χ1n) is 6.06. The first-order valence-corrected chi connectivity index (χ1v) is 6.44. The van der Waals surface area contributed by atoms with E-state index in [2.05, 4.69) is 10.6 Å². The summed E-state index contributed by atoms with van der Waals surface area (Å²) in [6.07, 6.45) is 0.893. The molecule has 20 heavy (non-hydrogen) atoms. The van der Waals surface area contributed by atoms with E-state index in [1.807, 2.05) is 31.1 Å². The Morgan fingerprint density at radius 2 is 2.10 bits per heavy atom. The number of anilines is 2. The Labute approximate surface area is 137 Å². The number of amides is 1. The molecule has 2 N–H and O–H groups in total. The molecule has 0 aliphatic carbocycles. The second-order valence-electron chi connectivity index (χ2n) is 4.73. The third-order valence-electron chi connectivity index (χ3n) is 3.13. The van der Waals surface area contributed by atoms with Gasteiger partial charge < -0.3 is 15.5 Å². The first kappa shape index (κ1) is 19.3. The van der Waals surface area contributed by atoms with Crippen LogP contribution in [0.4, 0.5) is 11.4 Å². The Bertz CT molecular complexity index is 448. The largest absolute Gasteiger partial charge is 0.376 e. The van der Waals surface area contributed by atoms with Crippen molar-refractivity contribution in [2.45, 2.75) is 6.42 Å². The van der Waals surface area contributed by atoms with Gasteiger partial charge in [-0.1, -0.05) is 11.6 Å². The van der Waals surface area contributed by atoms with Gasteiger partial charge >= 0.3 is 0 Å². The lowest BCUT2D eigenvalue weighted by molar-refractivity contribution is -0.119. The highest BCUT2D eigenvalue weighted by Crippen LogP contribution is 2.28. The topological polar surface area (TPSA) is 44.4 Å². The third kappa shape index (κ3) is 4.70. The molecule has 1 aromatic rings. The molecule has 0 aromatic heterocycles. The molecule has 1 saturated heterocycles. The van der Waals surface area contributed by atoms with E-state index in [0.29, 0.717) is 5.02 Å². The Morgan fingerprint density at radius 3 is 2.65 bits per heavy atom. The summed E-state index contributed by atoms with van der Waals surface area (Å²) >= 11 is 5.98. The van der Waals surface area contributed by atoms with Crippen LogP contribution >= 0.6 is 36.4 Å². The molecule has 0 bridgehead atoms. The van der Waals surface area contributed by atoms with Gasteiger partial charge in [0, 0.05) is 25.7 Å². The van der Waals surface area contributed by atoms with E-state index in [9.17, 15) is 4.79 Å². The molecule has 1 unspecified atom stereocenters. The van der Waals surface area contributed by atoms with Gasteiger partial charge in [0.2, 0.25) is 5.91 Å². The monoisotopic (exact) mass is 339 g/mol. The molecule has 1 aliphatic heterocycles. The van der Waals surface area contributed by atoms with Gasteiger partial charge in [0.25, 0.3) is 0 Å². The number of halogens is 3. The van der Waals surface area contributed by atoms with Crippen molar-refractivity contribution >= 4 is 53.7 Å². The van der Waals surface area contributed by atoms with E-state index in [1.54, 1.807) is 6.07 Å². The lowest BCUT2D eigenvalue weighted by atomic mass is 10.1. The highest BCUT2D eigenvalue weighted by atomic mass is 35.5. The van der Waals surface area contributed by atoms with Gasteiger partial charge in [0.05, 0.1) is 17.3 Å². The summed E-state index contributed by atoms with van der Waals surface area (Å²) in [7, 11) is 3.88. The Morgan fingerprint density at radius 1 is 1.40 bits per heavy atom. The summed E-state index contributed by atoms with van der Waals surface area (Å²) in [6, 6.07) is 5.52. The minimum Gasteiger partial charge on any atom is -0.376 e. The van der Waals surface area contributed by atoms with Crippen LogP contribution in [0.15, 0.2) is 18.2 Å². The van der Waals surface area contributed by atoms with Crippen LogP contribution in [0.5, 0.6) is 0 Å². The average molecular weight is 341 g/mol. The molecule has 114 valence electrons. The lowest BCUT2D eigenvalue weighted by Crippen LogP contribution is -2.25. The number of rotatable bonds is 3. The zero-order valence-corrected chi connectivity index (χ0v) is 13.9. The van der Waals surface area contributed by atoms with Crippen LogP contribution in [0.25, 0.3) is 0 Å². The Balaban J connectivity index is 0.00000180. The second kappa shape index (κ2) is 8.57. The molecule has 0 radical (unpaired) electrons. The summed E-state index contributed by atoms with van der Waals surface area (Å²) in [5, 5.41) is 6.79. The van der Waals surface area contributed by atoms with Crippen molar-refractivity contribution in [3.8, 4) is 0 Å². The molecule has 1 amide bonds. The predicted octanol–water partition coefficient (Wildman–Crippen LogP) is 2.80. The smallest absolute Gasteiger partial charge is 0.228 e. The van der Waals surface area contributed by atoms with Gasteiger partial charge in [0.1, 0.15) is 0 Å². The molecule has 1 fully saturated rings. The van der Waals surface area contributed by atoms with Crippen LogP contribution in [0.2, 0.25) is 5.02 Å². The summed E-state index contributed by atoms with van der Waals surface area (Å²) in [5.74, 6) is 0.115. The van der Waals surface area contributed by atoms with Crippen LogP contribution in [0.3, 0.4) is 0 Å². The predicted molar refractivity (Wildman–Crippen MR) is 89.9 cm³/mol. The Kier molecular flexibility index (Phi) is 8.28. The first-order chi connectivity index (χ1) is 8.58. The van der Waals surface area contributed by atoms with E-state index < -0.39 is 0 Å². The Hall–Kier alpha value is -0.680. The number of benzene rings is 1. The maximum absolute atomic E-state index is 12.1. The van der Waals surface area contributed by atoms with Crippen molar-refractivity contribution < 1.29 is 4.79 Å². The summed E-state index contributed by atoms with van der Waals surface area (Å²) < 4.78 is 0. The molecule has 0 spiro atoms. The van der Waals surface area contributed by atoms with Crippen LogP contribution < -0.4 is 15.5 Å². The second-order valence-corrected chi connectivity index (χ2v) is 5.17. The molecule has 1 atom stereocenters. The number of hydrogen-bond acceptors (Lipinski definition) is 3. The quantitative estimate of drug-likeness (QED) is 0.889. The summed E-state index contributed by atoms with van der Waals surface area (Å²) in [6.45, 7) is 1.66. The third-order valence-corrected chi connectivity index (χ3v) is 3.36. The fourth-order valence-electron chi connectivity index (χ4n) is 2.11. The van der Waals surface area contributed by atoms with Crippen molar-refractivity contribution in [3.05, 3.63) is 23.2 Å². The standard InChI is InChI=1S/C13H18ClN3O.2ClH/c1-17(2)12-4-3-10(14)7-11(12)16-13(18)9-5-6-15-8-9;;/h3-4,7,9,15H,5-6,8H2,1-2H3,(H,16,18);2*1H. The molecule has 1 aromatic carbocycles. The maximum Gasteiger partial charge on any atom is 0.228 e. The fourth-order valence-corrected chi connectivity index (χ4v) is 2.28. The van der Waals surface area contributed by atoms with Crippen LogP contribution in [-0.2, 0) is 4.79 Å². The average Bonchev–Trinajstić information content (AvgIpc) is 2.81. The normalized spacial score (nSPS) is 16.9. The molecule has 1 heterocycles. The van der Waals surface area contributed by atoms with E-state index >= 15 is 0 Å². The van der Waals surface area contributed by atoms with Gasteiger partial charge in [-0.15, -0.1) is 24.8 Å². The van der Waals surface area contributed by atoms with Gasteiger partial charge in [-0.05, 0) is 31.2 Å². The molecule has 7 heteroatoms. The highest BCUT2D eigenvalue weighted by Gasteiger charge is 2.23. The molecular weight excluding hydrogens is 321 g/mol. The number of carbonyl (C=O) groups is 1. The minimum absolute atomic E-state index is 0. The van der Waals surface area contributed by atoms with Gasteiger partial charge in [-0.3, -0.25) is 4.79 Å². The summed E-state index contributed by atoms with van der Waals surface area (Å²) in [4.78, 5) is 14.0. The molecule has 4 nitrogen and oxygen atoms in total. The zero-order valence-electron chi connectivity index (χ0n) is 11.5. The SMILES string of the molecule is CN(C)c1ccc(Cl)cc1NC(=O)C1CCNC1.Cl.Cl. The van der Waals surface area contributed by atoms with E-state index in [-0.39, 0.29) is 36.6 Å². The van der Waals surface area contributed by atoms with E-state index in [1.165, 1.54) is 0 Å². The summed E-state index contributed by atoms with van der Waals surface area (Å²) in [5.41, 5.74) is 1.73. The maximum atomic E-state index is 12.1. The van der Waals surface area contributed by atoms with Crippen LogP contribution in [0, 0.1) is 5.92 Å². The van der Waals surface area contributed by atoms with Crippen molar-refractivity contribution in [1.82, 2.24) is 5.32 Å². The fraction of sp³-hybridized carbons (Fsp3) is 0.462. The number of nitrogens with zero attached hydrogens (tertiary/aromatic N) is 1. The number of hydrogen-bond donors (Lipinski definition) is 2. The molecule has 2 rings (SSSR count). The van der Waals surface area contributed by atoms with Crippen LogP contribution in [-0.4, -0.2) is 33.1 Å². The lowest BCUT2D eigenvalue weighted by Gasteiger charge is -2.19. The van der Waals surface area contributed by atoms with Gasteiger partial charge in [-0.25, -0.2) is 0 Å². The molecular formula is C13H20Cl3N3O.